The lowest BCUT2D eigenvalue weighted by Gasteiger charge is -2.24. The number of benzene rings is 3. The molecule has 1 aromatic heterocycles. The van der Waals surface area contributed by atoms with Gasteiger partial charge in [-0.25, -0.2) is 9.66 Å². The first-order chi connectivity index (χ1) is 14.9. The number of nitrogens with one attached hydrogen (secondary N) is 1. The van der Waals surface area contributed by atoms with Crippen LogP contribution in [0.25, 0.3) is 10.9 Å². The second kappa shape index (κ2) is 9.47. The third kappa shape index (κ3) is 4.97. The standard InChI is InChI=1S/C24H21BrClN3OS/c1-15(2)22-27-21-12-11-17(25)14-20(21)24(30)29(22)28-23(16-7-6-8-18(26)13-16)31-19-9-4-3-5-10-19/h3-15,23,28H,1-2H3. The molecule has 0 amide bonds. The Morgan fingerprint density at radius 1 is 1.03 bits per heavy atom. The summed E-state index contributed by atoms with van der Waals surface area (Å²) in [5.74, 6) is 0.732. The Morgan fingerprint density at radius 2 is 1.81 bits per heavy atom. The van der Waals surface area contributed by atoms with Crippen molar-refractivity contribution in [1.29, 1.82) is 0 Å². The number of fused-ring (bicyclic) bond motifs is 1. The molecule has 4 rings (SSSR count). The molecule has 158 valence electrons. The molecule has 31 heavy (non-hydrogen) atoms. The first-order valence-electron chi connectivity index (χ1n) is 9.88. The molecule has 0 spiro atoms. The second-order valence-electron chi connectivity index (χ2n) is 7.42. The Bertz CT molecular complexity index is 1280. The molecule has 0 bridgehead atoms. The summed E-state index contributed by atoms with van der Waals surface area (Å²) in [4.78, 5) is 19.4. The summed E-state index contributed by atoms with van der Waals surface area (Å²) in [6.45, 7) is 4.06. The van der Waals surface area contributed by atoms with Crippen molar-refractivity contribution >= 4 is 50.2 Å². The van der Waals surface area contributed by atoms with E-state index in [1.54, 1.807) is 16.4 Å². The van der Waals surface area contributed by atoms with Crippen LogP contribution in [0.2, 0.25) is 5.02 Å². The van der Waals surface area contributed by atoms with E-state index in [2.05, 4.69) is 21.4 Å². The molecule has 7 heteroatoms. The van der Waals surface area contributed by atoms with Crippen molar-refractivity contribution < 1.29 is 0 Å². The highest BCUT2D eigenvalue weighted by atomic mass is 79.9. The van der Waals surface area contributed by atoms with E-state index < -0.39 is 0 Å². The molecule has 3 aromatic carbocycles. The summed E-state index contributed by atoms with van der Waals surface area (Å²) in [7, 11) is 0. The smallest absolute Gasteiger partial charge is 0.280 e. The predicted octanol–water partition coefficient (Wildman–Crippen LogP) is 6.97. The van der Waals surface area contributed by atoms with Crippen molar-refractivity contribution in [2.75, 3.05) is 5.43 Å². The fourth-order valence-corrected chi connectivity index (χ4v) is 4.87. The molecule has 0 radical (unpaired) electrons. The van der Waals surface area contributed by atoms with Crippen LogP contribution in [0.1, 0.15) is 36.5 Å². The van der Waals surface area contributed by atoms with Gasteiger partial charge in [0.05, 0.1) is 10.9 Å². The van der Waals surface area contributed by atoms with Gasteiger partial charge in [-0.2, -0.15) is 0 Å². The van der Waals surface area contributed by atoms with Gasteiger partial charge in [0.2, 0.25) is 0 Å². The summed E-state index contributed by atoms with van der Waals surface area (Å²) in [6.07, 6.45) is 0. The maximum atomic E-state index is 13.5. The Balaban J connectivity index is 1.84. The van der Waals surface area contributed by atoms with Crippen LogP contribution in [0.4, 0.5) is 0 Å². The van der Waals surface area contributed by atoms with Gasteiger partial charge in [0, 0.05) is 20.3 Å². The lowest BCUT2D eigenvalue weighted by Crippen LogP contribution is -2.35. The van der Waals surface area contributed by atoms with Gasteiger partial charge in [-0.05, 0) is 48.0 Å². The number of thioether (sulfide) groups is 1. The fraction of sp³-hybridized carbons (Fsp3) is 0.167. The molecule has 1 unspecified atom stereocenters. The van der Waals surface area contributed by atoms with Gasteiger partial charge in [-0.15, -0.1) is 0 Å². The second-order valence-corrected chi connectivity index (χ2v) is 9.95. The van der Waals surface area contributed by atoms with Gasteiger partial charge >= 0.3 is 0 Å². The van der Waals surface area contributed by atoms with Crippen molar-refractivity contribution in [2.24, 2.45) is 0 Å². The van der Waals surface area contributed by atoms with Crippen LogP contribution >= 0.6 is 39.3 Å². The maximum Gasteiger partial charge on any atom is 0.280 e. The topological polar surface area (TPSA) is 46.9 Å². The van der Waals surface area contributed by atoms with Crippen molar-refractivity contribution in [3.63, 3.8) is 0 Å². The molecule has 4 aromatic rings. The molecule has 4 nitrogen and oxygen atoms in total. The summed E-state index contributed by atoms with van der Waals surface area (Å²) in [5, 5.41) is 0.957. The molecule has 1 heterocycles. The number of hydrogen-bond acceptors (Lipinski definition) is 4. The number of hydrogen-bond donors (Lipinski definition) is 1. The lowest BCUT2D eigenvalue weighted by atomic mass is 10.2. The average molecular weight is 515 g/mol. The first kappa shape index (κ1) is 21.9. The van der Waals surface area contributed by atoms with E-state index in [1.807, 2.05) is 86.6 Å². The van der Waals surface area contributed by atoms with Crippen LogP contribution in [0, 0.1) is 0 Å². The van der Waals surface area contributed by atoms with E-state index in [1.165, 1.54) is 0 Å². The van der Waals surface area contributed by atoms with Crippen LogP contribution < -0.4 is 11.0 Å². The summed E-state index contributed by atoms with van der Waals surface area (Å²) in [6, 6.07) is 23.3. The molecular weight excluding hydrogens is 494 g/mol. The molecule has 1 atom stereocenters. The van der Waals surface area contributed by atoms with Gasteiger partial charge in [0.1, 0.15) is 11.2 Å². The van der Waals surface area contributed by atoms with E-state index in [-0.39, 0.29) is 16.9 Å². The number of nitrogens with zero attached hydrogens (tertiary/aromatic N) is 2. The van der Waals surface area contributed by atoms with Crippen molar-refractivity contribution in [2.45, 2.75) is 30.0 Å². The minimum atomic E-state index is -0.247. The van der Waals surface area contributed by atoms with E-state index >= 15 is 0 Å². The Morgan fingerprint density at radius 3 is 2.52 bits per heavy atom. The zero-order chi connectivity index (χ0) is 22.0. The lowest BCUT2D eigenvalue weighted by molar-refractivity contribution is 0.659. The van der Waals surface area contributed by atoms with Gasteiger partial charge in [-0.1, -0.05) is 83.5 Å². The summed E-state index contributed by atoms with van der Waals surface area (Å²) < 4.78 is 2.42. The van der Waals surface area contributed by atoms with Crippen molar-refractivity contribution in [3.8, 4) is 0 Å². The zero-order valence-corrected chi connectivity index (χ0v) is 20.2. The first-order valence-corrected chi connectivity index (χ1v) is 11.9. The van der Waals surface area contributed by atoms with Crippen molar-refractivity contribution in [3.05, 3.63) is 104 Å². The molecule has 0 aliphatic carbocycles. The Hall–Kier alpha value is -2.28. The summed E-state index contributed by atoms with van der Waals surface area (Å²) >= 11 is 11.4. The van der Waals surface area contributed by atoms with Crippen LogP contribution in [-0.4, -0.2) is 9.66 Å². The predicted molar refractivity (Wildman–Crippen MR) is 134 cm³/mol. The highest BCUT2D eigenvalue weighted by Gasteiger charge is 2.20. The largest absolute Gasteiger partial charge is 0.303 e. The number of aromatic nitrogens is 2. The molecule has 0 saturated carbocycles. The highest BCUT2D eigenvalue weighted by molar-refractivity contribution is 9.10. The summed E-state index contributed by atoms with van der Waals surface area (Å²) in [5.41, 5.74) is 4.96. The fourth-order valence-electron chi connectivity index (χ4n) is 3.28. The molecule has 0 fully saturated rings. The average Bonchev–Trinajstić information content (AvgIpc) is 2.75. The molecule has 1 N–H and O–H groups in total. The van der Waals surface area contributed by atoms with Gasteiger partial charge in [0.15, 0.2) is 0 Å². The van der Waals surface area contributed by atoms with Gasteiger partial charge < -0.3 is 5.43 Å². The van der Waals surface area contributed by atoms with Crippen LogP contribution in [0.3, 0.4) is 0 Å². The van der Waals surface area contributed by atoms with Gasteiger partial charge in [0.25, 0.3) is 5.56 Å². The Labute approximate surface area is 198 Å². The SMILES string of the molecule is CC(C)c1nc2ccc(Br)cc2c(=O)n1NC(Sc1ccccc1)c1cccc(Cl)c1. The molecular formula is C24H21BrClN3OS. The van der Waals surface area contributed by atoms with E-state index in [0.29, 0.717) is 21.7 Å². The van der Waals surface area contributed by atoms with Crippen LogP contribution in [-0.2, 0) is 0 Å². The monoisotopic (exact) mass is 513 g/mol. The highest BCUT2D eigenvalue weighted by Crippen LogP contribution is 2.35. The van der Waals surface area contributed by atoms with Crippen molar-refractivity contribution in [1.82, 2.24) is 9.66 Å². The van der Waals surface area contributed by atoms with E-state index in [9.17, 15) is 4.79 Å². The third-order valence-corrected chi connectivity index (χ3v) is 6.65. The third-order valence-electron chi connectivity index (χ3n) is 4.77. The Kier molecular flexibility index (Phi) is 6.70. The quantitative estimate of drug-likeness (QED) is 0.223. The molecule has 0 saturated heterocycles. The minimum absolute atomic E-state index is 0.0509. The number of halogens is 2. The zero-order valence-electron chi connectivity index (χ0n) is 17.0. The normalized spacial score (nSPS) is 12.3. The molecule has 0 aliphatic rings. The molecule has 0 aliphatic heterocycles. The van der Waals surface area contributed by atoms with E-state index in [0.717, 1.165) is 14.9 Å². The number of rotatable bonds is 6. The van der Waals surface area contributed by atoms with E-state index in [4.69, 9.17) is 16.6 Å². The van der Waals surface area contributed by atoms with Crippen LogP contribution in [0.15, 0.2) is 87.0 Å². The maximum absolute atomic E-state index is 13.5. The van der Waals surface area contributed by atoms with Gasteiger partial charge in [-0.3, -0.25) is 4.79 Å². The van der Waals surface area contributed by atoms with Crippen LogP contribution in [0.5, 0.6) is 0 Å². The minimum Gasteiger partial charge on any atom is -0.303 e.